The van der Waals surface area contributed by atoms with Crippen molar-refractivity contribution in [2.75, 3.05) is 0 Å². The van der Waals surface area contributed by atoms with E-state index in [1.54, 1.807) is 0 Å². The van der Waals surface area contributed by atoms with Gasteiger partial charge in [0.1, 0.15) is 23.4 Å². The molecule has 0 aromatic heterocycles. The molecule has 0 radical (unpaired) electrons. The van der Waals surface area contributed by atoms with E-state index in [4.69, 9.17) is 8.92 Å². The molecule has 0 amide bonds. The zero-order chi connectivity index (χ0) is 18.4. The quantitative estimate of drug-likeness (QED) is 0.383. The molecule has 25 heavy (non-hydrogen) atoms. The summed E-state index contributed by atoms with van der Waals surface area (Å²) >= 11 is -3.13. The molecule has 1 aliphatic rings. The third-order valence-corrected chi connectivity index (χ3v) is 4.22. The maximum atomic E-state index is 11.2. The third-order valence-electron chi connectivity index (χ3n) is 3.84. The first-order valence-corrected chi connectivity index (χ1v) is 7.96. The van der Waals surface area contributed by atoms with E-state index in [2.05, 4.69) is 0 Å². The number of benzene rings is 2. The van der Waals surface area contributed by atoms with Crippen LogP contribution < -0.4 is 4.74 Å². The fourth-order valence-electron chi connectivity index (χ4n) is 2.69. The summed E-state index contributed by atoms with van der Waals surface area (Å²) in [5.41, 5.74) is 0.0391. The SMILES string of the molecule is O=S([O-])OC1(c2ccc(O)c(O)c2)Oc2cc(O)cc(O)c2C[C@H]1O. The van der Waals surface area contributed by atoms with Crippen molar-refractivity contribution in [3.05, 3.63) is 41.5 Å². The molecule has 0 saturated carbocycles. The second-order valence-corrected chi connectivity index (χ2v) is 6.00. The van der Waals surface area contributed by atoms with E-state index in [0.29, 0.717) is 0 Å². The van der Waals surface area contributed by atoms with Crippen LogP contribution in [0.15, 0.2) is 30.3 Å². The topological polar surface area (TPSA) is 160 Å². The van der Waals surface area contributed by atoms with Crippen molar-refractivity contribution < 1.29 is 43.2 Å². The van der Waals surface area contributed by atoms with E-state index in [9.17, 15) is 34.3 Å². The predicted octanol–water partition coefficient (Wildman–Crippen LogP) is 0.468. The monoisotopic (exact) mass is 369 g/mol. The van der Waals surface area contributed by atoms with Gasteiger partial charge >= 0.3 is 0 Å². The number of fused-ring (bicyclic) bond motifs is 1. The fourth-order valence-corrected chi connectivity index (χ4v) is 3.13. The summed E-state index contributed by atoms with van der Waals surface area (Å²) in [7, 11) is 0. The van der Waals surface area contributed by atoms with Crippen molar-refractivity contribution in [2.45, 2.75) is 18.3 Å². The number of hydrogen-bond acceptors (Lipinski definition) is 9. The Balaban J connectivity index is 2.18. The summed E-state index contributed by atoms with van der Waals surface area (Å²) < 4.78 is 32.6. The first-order valence-electron chi connectivity index (χ1n) is 6.96. The first kappa shape index (κ1) is 17.3. The number of rotatable bonds is 3. The fraction of sp³-hybridized carbons (Fsp3) is 0.200. The average Bonchev–Trinajstić information content (AvgIpc) is 2.51. The molecule has 0 saturated heterocycles. The number of aliphatic hydroxyl groups excluding tert-OH is 1. The smallest absolute Gasteiger partial charge is 0.276 e. The van der Waals surface area contributed by atoms with Crippen molar-refractivity contribution in [3.63, 3.8) is 0 Å². The van der Waals surface area contributed by atoms with Gasteiger partial charge in [-0.15, -0.1) is 0 Å². The van der Waals surface area contributed by atoms with E-state index >= 15 is 0 Å². The maximum Gasteiger partial charge on any atom is 0.276 e. The zero-order valence-corrected chi connectivity index (χ0v) is 13.3. The zero-order valence-electron chi connectivity index (χ0n) is 12.4. The van der Waals surface area contributed by atoms with Crippen molar-refractivity contribution in [3.8, 4) is 28.7 Å². The lowest BCUT2D eigenvalue weighted by Gasteiger charge is -2.42. The van der Waals surface area contributed by atoms with Crippen LogP contribution in [0.3, 0.4) is 0 Å². The van der Waals surface area contributed by atoms with Gasteiger partial charge in [0.15, 0.2) is 11.5 Å². The minimum Gasteiger partial charge on any atom is -0.750 e. The molecule has 134 valence electrons. The van der Waals surface area contributed by atoms with E-state index in [1.807, 2.05) is 0 Å². The Morgan fingerprint density at radius 3 is 2.48 bits per heavy atom. The van der Waals surface area contributed by atoms with Crippen LogP contribution in [0.5, 0.6) is 28.7 Å². The lowest BCUT2D eigenvalue weighted by molar-refractivity contribution is -0.201. The van der Waals surface area contributed by atoms with Crippen molar-refractivity contribution in [2.24, 2.45) is 0 Å². The second-order valence-electron chi connectivity index (χ2n) is 5.42. The van der Waals surface area contributed by atoms with Crippen LogP contribution in [-0.2, 0) is 27.8 Å². The highest BCUT2D eigenvalue weighted by Gasteiger charge is 2.49. The molecule has 0 spiro atoms. The molecule has 5 N–H and O–H groups in total. The van der Waals surface area contributed by atoms with Gasteiger partial charge in [-0.25, -0.2) is 8.39 Å². The number of hydrogen-bond donors (Lipinski definition) is 5. The molecule has 3 atom stereocenters. The second kappa shape index (κ2) is 6.08. The summed E-state index contributed by atoms with van der Waals surface area (Å²) in [6.45, 7) is 0. The minimum absolute atomic E-state index is 0.104. The molecular weight excluding hydrogens is 356 g/mol. The van der Waals surface area contributed by atoms with Gasteiger partial charge in [-0.2, -0.15) is 0 Å². The molecule has 1 heterocycles. The van der Waals surface area contributed by atoms with E-state index in [0.717, 1.165) is 24.3 Å². The minimum atomic E-state index is -3.13. The highest BCUT2D eigenvalue weighted by molar-refractivity contribution is 7.74. The van der Waals surface area contributed by atoms with E-state index in [1.165, 1.54) is 6.07 Å². The number of aromatic hydroxyl groups is 4. The van der Waals surface area contributed by atoms with Crippen LogP contribution in [0.4, 0.5) is 0 Å². The third kappa shape index (κ3) is 2.96. The van der Waals surface area contributed by atoms with Crippen molar-refractivity contribution in [1.29, 1.82) is 0 Å². The van der Waals surface area contributed by atoms with E-state index < -0.39 is 34.8 Å². The Bertz CT molecular complexity index is 853. The average molecular weight is 369 g/mol. The molecule has 0 bridgehead atoms. The molecule has 10 heteroatoms. The van der Waals surface area contributed by atoms with Crippen molar-refractivity contribution in [1.82, 2.24) is 0 Å². The van der Waals surface area contributed by atoms with Crippen LogP contribution in [0.25, 0.3) is 0 Å². The van der Waals surface area contributed by atoms with Crippen LogP contribution in [0.1, 0.15) is 11.1 Å². The maximum absolute atomic E-state index is 11.2. The van der Waals surface area contributed by atoms with Crippen LogP contribution in [0.2, 0.25) is 0 Å². The number of aliphatic hydroxyl groups is 1. The highest BCUT2D eigenvalue weighted by Crippen LogP contribution is 2.46. The van der Waals surface area contributed by atoms with Crippen LogP contribution in [0, 0.1) is 0 Å². The highest BCUT2D eigenvalue weighted by atomic mass is 32.2. The van der Waals surface area contributed by atoms with Gasteiger partial charge in [-0.3, -0.25) is 0 Å². The Hall–Kier alpha value is -2.53. The summed E-state index contributed by atoms with van der Waals surface area (Å²) in [5, 5.41) is 49.0. The Morgan fingerprint density at radius 2 is 1.84 bits per heavy atom. The van der Waals surface area contributed by atoms with Crippen molar-refractivity contribution >= 4 is 11.4 Å². The number of ether oxygens (including phenoxy) is 1. The lowest BCUT2D eigenvalue weighted by Crippen LogP contribution is -2.51. The molecule has 0 aliphatic carbocycles. The van der Waals surface area contributed by atoms with Gasteiger partial charge in [0.2, 0.25) is 0 Å². The Labute approximate surface area is 143 Å². The van der Waals surface area contributed by atoms with Gasteiger partial charge in [0, 0.05) is 29.7 Å². The molecule has 2 aromatic rings. The first-order chi connectivity index (χ1) is 11.7. The van der Waals surface area contributed by atoms with Gasteiger partial charge in [0.25, 0.3) is 5.79 Å². The Kier molecular flexibility index (Phi) is 4.21. The predicted molar refractivity (Wildman–Crippen MR) is 81.6 cm³/mol. The summed E-state index contributed by atoms with van der Waals surface area (Å²) in [6, 6.07) is 5.39. The van der Waals surface area contributed by atoms with Gasteiger partial charge in [-0.05, 0) is 18.2 Å². The van der Waals surface area contributed by atoms with Gasteiger partial charge in [-0.1, -0.05) is 0 Å². The van der Waals surface area contributed by atoms with Gasteiger partial charge < -0.3 is 34.8 Å². The van der Waals surface area contributed by atoms with E-state index in [-0.39, 0.29) is 34.8 Å². The molecule has 2 unspecified atom stereocenters. The molecular formula is C15H13O9S-. The van der Waals surface area contributed by atoms with Crippen LogP contribution in [-0.4, -0.2) is 40.4 Å². The number of phenols is 4. The summed E-state index contributed by atoms with van der Waals surface area (Å²) in [5.74, 6) is -4.15. The summed E-state index contributed by atoms with van der Waals surface area (Å²) in [6.07, 6.45) is -1.86. The molecule has 9 nitrogen and oxygen atoms in total. The largest absolute Gasteiger partial charge is 0.750 e. The molecule has 3 rings (SSSR count). The lowest BCUT2D eigenvalue weighted by atomic mass is 9.90. The van der Waals surface area contributed by atoms with Gasteiger partial charge in [0.05, 0.1) is 11.4 Å². The normalized spacial score (nSPS) is 23.5. The molecule has 2 aromatic carbocycles. The Morgan fingerprint density at radius 1 is 1.12 bits per heavy atom. The standard InChI is InChI=1S/C15H14O9S/c16-8-4-11(18)9-6-14(20)15(24-25(21)22,23-13(9)5-8)7-1-2-10(17)12(19)3-7/h1-5,14,16-20H,6H2,(H,21,22)/p-1/t14-,15?/m1/s1. The molecule has 0 fully saturated rings. The molecule has 1 aliphatic heterocycles. The van der Waals surface area contributed by atoms with Crippen LogP contribution >= 0.6 is 0 Å². The summed E-state index contributed by atoms with van der Waals surface area (Å²) in [4.78, 5) is 0. The number of phenolic OH excluding ortho intramolecular Hbond substituents is 4.